The second-order valence-corrected chi connectivity index (χ2v) is 6.78. The molecule has 6 nitrogen and oxygen atoms in total. The first kappa shape index (κ1) is 17.5. The SMILES string of the molecule is COCC(Nc1nn2cc(-c3cccnc3)nc2s1)c1ccc(F)c(F)c1. The molecule has 3 aromatic heterocycles. The van der Waals surface area contributed by atoms with Crippen molar-refractivity contribution in [3.8, 4) is 11.3 Å². The minimum absolute atomic E-state index is 0.272. The number of ether oxygens (including phenoxy) is 1. The highest BCUT2D eigenvalue weighted by atomic mass is 32.1. The Kier molecular flexibility index (Phi) is 4.78. The van der Waals surface area contributed by atoms with Crippen LogP contribution in [-0.2, 0) is 4.74 Å². The van der Waals surface area contributed by atoms with Crippen LogP contribution in [0.25, 0.3) is 16.2 Å². The average Bonchev–Trinajstić information content (AvgIpc) is 3.23. The zero-order valence-corrected chi connectivity index (χ0v) is 15.1. The largest absolute Gasteiger partial charge is 0.382 e. The lowest BCUT2D eigenvalue weighted by Gasteiger charge is -2.17. The molecule has 0 radical (unpaired) electrons. The Bertz CT molecular complexity index is 1030. The van der Waals surface area contributed by atoms with Crippen LogP contribution in [0, 0.1) is 11.6 Å². The normalized spacial score (nSPS) is 12.4. The van der Waals surface area contributed by atoms with Crippen LogP contribution < -0.4 is 5.32 Å². The number of rotatable bonds is 6. The maximum atomic E-state index is 13.6. The number of hydrogen-bond donors (Lipinski definition) is 1. The number of pyridine rings is 1. The van der Waals surface area contributed by atoms with Gasteiger partial charge in [-0.05, 0) is 29.8 Å². The molecule has 1 aromatic carbocycles. The summed E-state index contributed by atoms with van der Waals surface area (Å²) in [4.78, 5) is 9.35. The lowest BCUT2D eigenvalue weighted by Crippen LogP contribution is -2.16. The summed E-state index contributed by atoms with van der Waals surface area (Å²) in [5.74, 6) is -1.78. The summed E-state index contributed by atoms with van der Waals surface area (Å²) in [6, 6.07) is 7.18. The van der Waals surface area contributed by atoms with E-state index in [1.165, 1.54) is 17.4 Å². The van der Waals surface area contributed by atoms with Gasteiger partial charge in [0.25, 0.3) is 0 Å². The average molecular weight is 387 g/mol. The van der Waals surface area contributed by atoms with E-state index in [1.54, 1.807) is 24.0 Å². The number of imidazole rings is 1. The number of fused-ring (bicyclic) bond motifs is 1. The Balaban J connectivity index is 1.59. The zero-order chi connectivity index (χ0) is 18.8. The van der Waals surface area contributed by atoms with Crippen molar-refractivity contribution in [2.24, 2.45) is 0 Å². The number of halogens is 2. The number of hydrogen-bond acceptors (Lipinski definition) is 6. The van der Waals surface area contributed by atoms with Crippen molar-refractivity contribution in [3.63, 3.8) is 0 Å². The maximum Gasteiger partial charge on any atom is 0.214 e. The summed E-state index contributed by atoms with van der Waals surface area (Å²) in [5, 5.41) is 8.26. The van der Waals surface area contributed by atoms with E-state index in [0.29, 0.717) is 15.7 Å². The topological polar surface area (TPSA) is 64.3 Å². The minimum Gasteiger partial charge on any atom is -0.382 e. The molecule has 0 aliphatic heterocycles. The van der Waals surface area contributed by atoms with Gasteiger partial charge in [-0.15, -0.1) is 5.10 Å². The van der Waals surface area contributed by atoms with Crippen LogP contribution in [0.15, 0.2) is 48.9 Å². The van der Waals surface area contributed by atoms with Crippen LogP contribution in [0.4, 0.5) is 13.9 Å². The first-order chi connectivity index (χ1) is 13.1. The monoisotopic (exact) mass is 387 g/mol. The molecular formula is C18H15F2N5OS. The molecule has 4 rings (SSSR count). The van der Waals surface area contributed by atoms with Crippen LogP contribution in [0.5, 0.6) is 0 Å². The fraction of sp³-hybridized carbons (Fsp3) is 0.167. The van der Waals surface area contributed by atoms with E-state index in [-0.39, 0.29) is 12.6 Å². The second-order valence-electron chi connectivity index (χ2n) is 5.83. The summed E-state index contributed by atoms with van der Waals surface area (Å²) in [5.41, 5.74) is 2.26. The molecule has 27 heavy (non-hydrogen) atoms. The van der Waals surface area contributed by atoms with Gasteiger partial charge >= 0.3 is 0 Å². The van der Waals surface area contributed by atoms with Gasteiger partial charge in [0, 0.05) is 25.1 Å². The fourth-order valence-corrected chi connectivity index (χ4v) is 3.51. The van der Waals surface area contributed by atoms with Gasteiger partial charge in [-0.2, -0.15) is 0 Å². The highest BCUT2D eigenvalue weighted by Gasteiger charge is 2.17. The molecule has 0 amide bonds. The molecule has 0 saturated heterocycles. The Hall–Kier alpha value is -2.91. The molecule has 9 heteroatoms. The van der Waals surface area contributed by atoms with Crippen LogP contribution in [0.3, 0.4) is 0 Å². The smallest absolute Gasteiger partial charge is 0.214 e. The number of aromatic nitrogens is 4. The van der Waals surface area contributed by atoms with Crippen molar-refractivity contribution in [3.05, 3.63) is 66.1 Å². The molecule has 0 aliphatic rings. The highest BCUT2D eigenvalue weighted by Crippen LogP contribution is 2.27. The molecule has 1 N–H and O–H groups in total. The second kappa shape index (κ2) is 7.37. The molecule has 0 bridgehead atoms. The maximum absolute atomic E-state index is 13.6. The van der Waals surface area contributed by atoms with Crippen molar-refractivity contribution in [2.45, 2.75) is 6.04 Å². The first-order valence-electron chi connectivity index (χ1n) is 8.11. The van der Waals surface area contributed by atoms with E-state index in [4.69, 9.17) is 4.74 Å². The third kappa shape index (κ3) is 3.64. The Morgan fingerprint density at radius 1 is 1.26 bits per heavy atom. The van der Waals surface area contributed by atoms with Gasteiger partial charge in [-0.1, -0.05) is 17.4 Å². The van der Waals surface area contributed by atoms with Crippen molar-refractivity contribution < 1.29 is 13.5 Å². The number of benzene rings is 1. The van der Waals surface area contributed by atoms with Gasteiger partial charge in [-0.25, -0.2) is 18.3 Å². The van der Waals surface area contributed by atoms with Gasteiger partial charge in [0.15, 0.2) is 11.6 Å². The number of nitrogens with one attached hydrogen (secondary N) is 1. The fourth-order valence-electron chi connectivity index (χ4n) is 2.68. The Labute approximate surface area is 157 Å². The summed E-state index contributed by atoms with van der Waals surface area (Å²) in [7, 11) is 1.55. The van der Waals surface area contributed by atoms with Crippen molar-refractivity contribution in [2.75, 3.05) is 19.0 Å². The lowest BCUT2D eigenvalue weighted by molar-refractivity contribution is 0.186. The molecule has 0 aliphatic carbocycles. The molecule has 1 unspecified atom stereocenters. The molecule has 138 valence electrons. The van der Waals surface area contributed by atoms with Gasteiger partial charge < -0.3 is 10.1 Å². The van der Waals surface area contributed by atoms with E-state index < -0.39 is 11.6 Å². The van der Waals surface area contributed by atoms with E-state index in [2.05, 4.69) is 20.4 Å². The third-order valence-corrected chi connectivity index (χ3v) is 4.83. The number of methoxy groups -OCH3 is 1. The highest BCUT2D eigenvalue weighted by molar-refractivity contribution is 7.20. The van der Waals surface area contributed by atoms with Gasteiger partial charge in [0.1, 0.15) is 0 Å². The van der Waals surface area contributed by atoms with Crippen molar-refractivity contribution in [1.82, 2.24) is 19.6 Å². The molecule has 3 heterocycles. The first-order valence-corrected chi connectivity index (χ1v) is 8.92. The van der Waals surface area contributed by atoms with Gasteiger partial charge in [-0.3, -0.25) is 4.98 Å². The summed E-state index contributed by atoms with van der Waals surface area (Å²) < 4.78 is 33.6. The van der Waals surface area contributed by atoms with E-state index >= 15 is 0 Å². The van der Waals surface area contributed by atoms with Crippen molar-refractivity contribution >= 4 is 21.4 Å². The molecule has 0 fully saturated rings. The quantitative estimate of drug-likeness (QED) is 0.543. The molecular weight excluding hydrogens is 372 g/mol. The summed E-state index contributed by atoms with van der Waals surface area (Å²) in [6.07, 6.45) is 5.26. The Morgan fingerprint density at radius 3 is 2.85 bits per heavy atom. The van der Waals surface area contributed by atoms with Crippen LogP contribution in [0.2, 0.25) is 0 Å². The van der Waals surface area contributed by atoms with Crippen LogP contribution in [-0.4, -0.2) is 33.3 Å². The van der Waals surface area contributed by atoms with E-state index in [1.807, 2.05) is 18.3 Å². The van der Waals surface area contributed by atoms with Crippen LogP contribution in [0.1, 0.15) is 11.6 Å². The minimum atomic E-state index is -0.898. The van der Waals surface area contributed by atoms with Crippen molar-refractivity contribution in [1.29, 1.82) is 0 Å². The predicted molar refractivity (Wildman–Crippen MR) is 98.7 cm³/mol. The van der Waals surface area contributed by atoms with Crippen LogP contribution >= 0.6 is 11.3 Å². The molecule has 0 saturated carbocycles. The van der Waals surface area contributed by atoms with E-state index in [9.17, 15) is 8.78 Å². The zero-order valence-electron chi connectivity index (χ0n) is 14.3. The predicted octanol–water partition coefficient (Wildman–Crippen LogP) is 3.93. The molecule has 4 aromatic rings. The van der Waals surface area contributed by atoms with Gasteiger partial charge in [0.05, 0.1) is 24.5 Å². The standard InChI is InChI=1S/C18H15F2N5OS/c1-26-10-16(11-4-5-13(19)14(20)7-11)22-17-24-25-9-15(23-18(25)27-17)12-3-2-6-21-8-12/h2-9,16H,10H2,1H3,(H,22,24). The lowest BCUT2D eigenvalue weighted by atomic mass is 10.1. The summed E-state index contributed by atoms with van der Waals surface area (Å²) >= 11 is 1.35. The molecule has 0 spiro atoms. The summed E-state index contributed by atoms with van der Waals surface area (Å²) in [6.45, 7) is 0.272. The third-order valence-electron chi connectivity index (χ3n) is 3.98. The Morgan fingerprint density at radius 2 is 2.15 bits per heavy atom. The van der Waals surface area contributed by atoms with Gasteiger partial charge in [0.2, 0.25) is 10.1 Å². The molecule has 1 atom stereocenters. The van der Waals surface area contributed by atoms with E-state index in [0.717, 1.165) is 23.4 Å². The number of anilines is 1. The number of nitrogens with zero attached hydrogens (tertiary/aromatic N) is 4.